The molecule has 3 nitrogen and oxygen atoms in total. The number of rotatable bonds is 2. The van der Waals surface area contributed by atoms with Gasteiger partial charge in [-0.2, -0.15) is 0 Å². The second-order valence-corrected chi connectivity index (χ2v) is 5.40. The van der Waals surface area contributed by atoms with Crippen LogP contribution < -0.4 is 5.73 Å². The largest absolute Gasteiger partial charge is 0.326 e. The third-order valence-electron chi connectivity index (χ3n) is 3.94. The van der Waals surface area contributed by atoms with Gasteiger partial charge in [0.15, 0.2) is 0 Å². The van der Waals surface area contributed by atoms with E-state index in [4.69, 9.17) is 5.73 Å². The van der Waals surface area contributed by atoms with Crippen molar-refractivity contribution in [2.45, 2.75) is 58.9 Å². The van der Waals surface area contributed by atoms with Crippen molar-refractivity contribution < 1.29 is 0 Å². The smallest absolute Gasteiger partial charge is 0.131 e. The predicted molar refractivity (Wildman–Crippen MR) is 69.8 cm³/mol. The van der Waals surface area contributed by atoms with Gasteiger partial charge in [0, 0.05) is 29.4 Å². The highest BCUT2D eigenvalue weighted by Crippen LogP contribution is 2.34. The Balaban J connectivity index is 2.27. The van der Waals surface area contributed by atoms with Crippen LogP contribution in [0.15, 0.2) is 0 Å². The molecule has 1 fully saturated rings. The molecular formula is C14H23N3. The topological polar surface area (TPSA) is 51.8 Å². The molecule has 3 heteroatoms. The van der Waals surface area contributed by atoms with Gasteiger partial charge in [-0.25, -0.2) is 9.97 Å². The first kappa shape index (κ1) is 12.5. The monoisotopic (exact) mass is 233 g/mol. The Kier molecular flexibility index (Phi) is 3.77. The summed E-state index contributed by atoms with van der Waals surface area (Å²) in [4.78, 5) is 9.34. The lowest BCUT2D eigenvalue weighted by atomic mass is 9.82. The van der Waals surface area contributed by atoms with Gasteiger partial charge in [-0.05, 0) is 32.6 Å². The van der Waals surface area contributed by atoms with E-state index < -0.39 is 0 Å². The molecule has 0 radical (unpaired) electrons. The molecule has 1 saturated carbocycles. The van der Waals surface area contributed by atoms with Crippen LogP contribution >= 0.6 is 0 Å². The second-order valence-electron chi connectivity index (χ2n) is 5.40. The zero-order valence-electron chi connectivity index (χ0n) is 11.2. The molecule has 0 amide bonds. The van der Waals surface area contributed by atoms with Gasteiger partial charge in [-0.15, -0.1) is 0 Å². The first-order valence-corrected chi connectivity index (χ1v) is 6.66. The van der Waals surface area contributed by atoms with Gasteiger partial charge in [0.2, 0.25) is 0 Å². The molecule has 0 saturated heterocycles. The van der Waals surface area contributed by atoms with Gasteiger partial charge in [0.25, 0.3) is 0 Å². The average Bonchev–Trinajstić information content (AvgIpc) is 2.28. The summed E-state index contributed by atoms with van der Waals surface area (Å²) in [6, 6.07) is 0. The van der Waals surface area contributed by atoms with Crippen LogP contribution in [0.5, 0.6) is 0 Å². The van der Waals surface area contributed by atoms with E-state index in [0.717, 1.165) is 28.7 Å². The molecule has 0 aliphatic heterocycles. The van der Waals surface area contributed by atoms with E-state index in [1.54, 1.807) is 0 Å². The lowest BCUT2D eigenvalue weighted by molar-refractivity contribution is 0.334. The van der Waals surface area contributed by atoms with Crippen molar-refractivity contribution >= 4 is 0 Å². The summed E-state index contributed by atoms with van der Waals surface area (Å²) >= 11 is 0. The van der Waals surface area contributed by atoms with Crippen molar-refractivity contribution in [2.75, 3.05) is 0 Å². The molecule has 1 aromatic heterocycles. The molecule has 0 aromatic carbocycles. The fraction of sp³-hybridized carbons (Fsp3) is 0.714. The Bertz CT molecular complexity index is 377. The van der Waals surface area contributed by atoms with Crippen molar-refractivity contribution in [1.82, 2.24) is 9.97 Å². The van der Waals surface area contributed by atoms with E-state index in [1.165, 1.54) is 25.7 Å². The minimum Gasteiger partial charge on any atom is -0.326 e. The SMILES string of the molecule is Cc1nc(C2CCCC(C)C2)nc(C)c1CN. The average molecular weight is 233 g/mol. The highest BCUT2D eigenvalue weighted by Gasteiger charge is 2.23. The molecule has 2 rings (SSSR count). The summed E-state index contributed by atoms with van der Waals surface area (Å²) < 4.78 is 0. The molecule has 1 heterocycles. The molecule has 1 aromatic rings. The number of hydrogen-bond donors (Lipinski definition) is 1. The minimum atomic E-state index is 0.541. The summed E-state index contributed by atoms with van der Waals surface area (Å²) in [6.07, 6.45) is 5.15. The molecule has 0 bridgehead atoms. The fourth-order valence-electron chi connectivity index (χ4n) is 2.91. The number of nitrogens with zero attached hydrogens (tertiary/aromatic N) is 2. The number of hydrogen-bond acceptors (Lipinski definition) is 3. The van der Waals surface area contributed by atoms with Gasteiger partial charge >= 0.3 is 0 Å². The summed E-state index contributed by atoms with van der Waals surface area (Å²) in [5.74, 6) is 2.42. The van der Waals surface area contributed by atoms with E-state index in [2.05, 4.69) is 16.9 Å². The molecule has 2 N–H and O–H groups in total. The lowest BCUT2D eigenvalue weighted by Crippen LogP contribution is -2.17. The molecule has 17 heavy (non-hydrogen) atoms. The van der Waals surface area contributed by atoms with Gasteiger partial charge < -0.3 is 5.73 Å². The molecule has 0 spiro atoms. The van der Waals surface area contributed by atoms with Gasteiger partial charge in [0.05, 0.1) is 0 Å². The zero-order valence-corrected chi connectivity index (χ0v) is 11.2. The Hall–Kier alpha value is -0.960. The second kappa shape index (κ2) is 5.13. The Morgan fingerprint density at radius 2 is 1.82 bits per heavy atom. The number of aromatic nitrogens is 2. The molecule has 1 aliphatic carbocycles. The normalized spacial score (nSPS) is 24.9. The van der Waals surface area contributed by atoms with Crippen LogP contribution in [0.4, 0.5) is 0 Å². The van der Waals surface area contributed by atoms with Crippen molar-refractivity contribution in [3.05, 3.63) is 22.8 Å². The van der Waals surface area contributed by atoms with Crippen LogP contribution in [0.2, 0.25) is 0 Å². The van der Waals surface area contributed by atoms with Gasteiger partial charge in [-0.1, -0.05) is 19.8 Å². The first-order valence-electron chi connectivity index (χ1n) is 6.66. The van der Waals surface area contributed by atoms with Crippen LogP contribution in [0.25, 0.3) is 0 Å². The highest BCUT2D eigenvalue weighted by atomic mass is 14.9. The molecule has 94 valence electrons. The lowest BCUT2D eigenvalue weighted by Gasteiger charge is -2.26. The quantitative estimate of drug-likeness (QED) is 0.854. The van der Waals surface area contributed by atoms with Crippen LogP contribution in [0, 0.1) is 19.8 Å². The maximum Gasteiger partial charge on any atom is 0.131 e. The maximum absolute atomic E-state index is 5.72. The van der Waals surface area contributed by atoms with Crippen LogP contribution in [-0.2, 0) is 6.54 Å². The van der Waals surface area contributed by atoms with Gasteiger partial charge in [-0.3, -0.25) is 0 Å². The van der Waals surface area contributed by atoms with Crippen LogP contribution in [0.3, 0.4) is 0 Å². The minimum absolute atomic E-state index is 0.541. The third-order valence-corrected chi connectivity index (χ3v) is 3.94. The first-order chi connectivity index (χ1) is 8.11. The molecule has 2 atom stereocenters. The summed E-state index contributed by atoms with van der Waals surface area (Å²) in [5.41, 5.74) is 8.96. The standard InChI is InChI=1S/C14H23N3/c1-9-5-4-6-12(7-9)14-16-10(2)13(8-15)11(3)17-14/h9,12H,4-8,15H2,1-3H3. The van der Waals surface area contributed by atoms with E-state index in [9.17, 15) is 0 Å². The molecule has 2 unspecified atom stereocenters. The Morgan fingerprint density at radius 1 is 1.18 bits per heavy atom. The third kappa shape index (κ3) is 2.65. The van der Waals surface area contributed by atoms with Crippen LogP contribution in [0.1, 0.15) is 61.3 Å². The van der Waals surface area contributed by atoms with Crippen molar-refractivity contribution in [2.24, 2.45) is 11.7 Å². The maximum atomic E-state index is 5.72. The number of aryl methyl sites for hydroxylation is 2. The van der Waals surface area contributed by atoms with Crippen LogP contribution in [-0.4, -0.2) is 9.97 Å². The summed E-state index contributed by atoms with van der Waals surface area (Å²) in [5, 5.41) is 0. The zero-order chi connectivity index (χ0) is 12.4. The van der Waals surface area contributed by atoms with Gasteiger partial charge in [0.1, 0.15) is 5.82 Å². The summed E-state index contributed by atoms with van der Waals surface area (Å²) in [7, 11) is 0. The van der Waals surface area contributed by atoms with E-state index in [1.807, 2.05) is 13.8 Å². The van der Waals surface area contributed by atoms with Crippen molar-refractivity contribution in [3.63, 3.8) is 0 Å². The highest BCUT2D eigenvalue weighted by molar-refractivity contribution is 5.24. The fourth-order valence-corrected chi connectivity index (χ4v) is 2.91. The molecule has 1 aliphatic rings. The number of nitrogens with two attached hydrogens (primary N) is 1. The van der Waals surface area contributed by atoms with E-state index >= 15 is 0 Å². The Labute approximate surface area is 104 Å². The van der Waals surface area contributed by atoms with E-state index in [-0.39, 0.29) is 0 Å². The summed E-state index contributed by atoms with van der Waals surface area (Å²) in [6.45, 7) is 6.97. The Morgan fingerprint density at radius 3 is 2.35 bits per heavy atom. The molecular weight excluding hydrogens is 210 g/mol. The van der Waals surface area contributed by atoms with Crippen molar-refractivity contribution in [1.29, 1.82) is 0 Å². The predicted octanol–water partition coefficient (Wildman–Crippen LogP) is 2.85. The van der Waals surface area contributed by atoms with E-state index in [0.29, 0.717) is 12.5 Å². The van der Waals surface area contributed by atoms with Crippen molar-refractivity contribution in [3.8, 4) is 0 Å².